The highest BCUT2D eigenvalue weighted by atomic mass is 16.5. The minimum absolute atomic E-state index is 0.0296. The fourth-order valence-electron chi connectivity index (χ4n) is 10.2. The molecule has 0 heterocycles. The summed E-state index contributed by atoms with van der Waals surface area (Å²) in [5.74, 6) is 3.04. The Morgan fingerprint density at radius 3 is 2.12 bits per heavy atom. The van der Waals surface area contributed by atoms with Crippen molar-refractivity contribution in [2.45, 2.75) is 110 Å². The van der Waals surface area contributed by atoms with Crippen molar-refractivity contribution >= 4 is 0 Å². The average Bonchev–Trinajstić information content (AvgIpc) is 3.37. The third-order valence-corrected chi connectivity index (χ3v) is 12.2. The third-order valence-electron chi connectivity index (χ3n) is 12.2. The van der Waals surface area contributed by atoms with Crippen molar-refractivity contribution in [3.8, 4) is 0 Å². The second kappa shape index (κ2) is 15.7. The van der Waals surface area contributed by atoms with Crippen molar-refractivity contribution in [2.24, 2.45) is 61.7 Å². The minimum atomic E-state index is 0.0296. The summed E-state index contributed by atoms with van der Waals surface area (Å²) in [5, 5.41) is 11.2. The minimum Gasteiger partial charge on any atom is -0.378 e. The molecule has 0 N–H and O–H groups in total. The van der Waals surface area contributed by atoms with Gasteiger partial charge in [0.2, 0.25) is 0 Å². The van der Waals surface area contributed by atoms with Crippen LogP contribution >= 0.6 is 0 Å². The van der Waals surface area contributed by atoms with Crippen LogP contribution in [0.15, 0.2) is 15.3 Å². The number of rotatable bonds is 16. The quantitative estimate of drug-likeness (QED) is 0.0747. The van der Waals surface area contributed by atoms with Crippen LogP contribution in [-0.2, 0) is 14.2 Å². The molecule has 12 heteroatoms. The molecule has 4 saturated carbocycles. The van der Waals surface area contributed by atoms with Gasteiger partial charge in [0.05, 0.1) is 38.1 Å². The predicted octanol–water partition coefficient (Wildman–Crippen LogP) is 8.78. The van der Waals surface area contributed by atoms with Crippen molar-refractivity contribution < 1.29 is 14.2 Å². The molecule has 0 amide bonds. The van der Waals surface area contributed by atoms with Crippen LogP contribution in [0.25, 0.3) is 31.3 Å². The first-order valence-corrected chi connectivity index (χ1v) is 16.7. The predicted molar refractivity (Wildman–Crippen MR) is 166 cm³/mol. The molecule has 12 nitrogen and oxygen atoms in total. The second-order valence-electron chi connectivity index (χ2n) is 14.0. The highest BCUT2D eigenvalue weighted by Gasteiger charge is 2.66. The van der Waals surface area contributed by atoms with E-state index in [0.717, 1.165) is 32.1 Å². The Balaban J connectivity index is 1.65. The molecule has 0 spiro atoms. The van der Waals surface area contributed by atoms with E-state index in [1.54, 1.807) is 0 Å². The van der Waals surface area contributed by atoms with E-state index in [2.05, 4.69) is 57.8 Å². The third kappa shape index (κ3) is 7.22. The summed E-state index contributed by atoms with van der Waals surface area (Å²) in [5.41, 5.74) is 26.6. The first kappa shape index (κ1) is 33.7. The van der Waals surface area contributed by atoms with Crippen LogP contribution in [0.1, 0.15) is 91.9 Å². The van der Waals surface area contributed by atoms with Gasteiger partial charge in [-0.3, -0.25) is 0 Å². The van der Waals surface area contributed by atoms with Crippen LogP contribution in [0.2, 0.25) is 0 Å². The maximum Gasteiger partial charge on any atom is 0.0637 e. The maximum atomic E-state index is 8.89. The molecule has 0 aromatic heterocycles. The topological polar surface area (TPSA) is 174 Å². The first-order valence-electron chi connectivity index (χ1n) is 16.7. The molecular formula is C31H53N9O3. The molecule has 0 saturated heterocycles. The van der Waals surface area contributed by atoms with Gasteiger partial charge in [-0.2, -0.15) is 0 Å². The number of unbranched alkanes of at least 4 members (excludes halogenated alkanes) is 1. The molecule has 0 aromatic rings. The summed E-state index contributed by atoms with van der Waals surface area (Å²) in [7, 11) is 0. The van der Waals surface area contributed by atoms with Crippen molar-refractivity contribution in [3.05, 3.63) is 31.3 Å². The molecule has 43 heavy (non-hydrogen) atoms. The Morgan fingerprint density at radius 2 is 1.47 bits per heavy atom. The number of ether oxygens (including phenoxy) is 3. The summed E-state index contributed by atoms with van der Waals surface area (Å²) in [6.07, 6.45) is 11.6. The van der Waals surface area contributed by atoms with Gasteiger partial charge in [-0.1, -0.05) is 62.3 Å². The molecule has 240 valence electrons. The van der Waals surface area contributed by atoms with E-state index in [4.69, 9.17) is 30.8 Å². The molecule has 0 aliphatic heterocycles. The molecule has 4 aliphatic rings. The van der Waals surface area contributed by atoms with Gasteiger partial charge >= 0.3 is 0 Å². The number of nitrogens with zero attached hydrogens (tertiary/aromatic N) is 9. The molecule has 0 aromatic carbocycles. The SMILES string of the molecule is CCCC[C@H](C)[C@H]1CC[C@H]2[C@@H]3[C@H](OCCN=[N+]=[N-])C[C@@H]4C[C@H](OCCN=[N+]=[N-])CC[C@]4(C)[C@H]3C[C@H](OCCN=[N+]=[N-])[C@]12C. The summed E-state index contributed by atoms with van der Waals surface area (Å²) >= 11 is 0. The number of azide groups is 3. The van der Waals surface area contributed by atoms with Gasteiger partial charge in [0.1, 0.15) is 0 Å². The van der Waals surface area contributed by atoms with Crippen molar-refractivity contribution in [2.75, 3.05) is 39.5 Å². The van der Waals surface area contributed by atoms with E-state index in [1.165, 1.54) is 32.1 Å². The summed E-state index contributed by atoms with van der Waals surface area (Å²) in [4.78, 5) is 8.77. The Labute approximate surface area is 256 Å². The second-order valence-corrected chi connectivity index (χ2v) is 14.0. The zero-order chi connectivity index (χ0) is 30.9. The zero-order valence-corrected chi connectivity index (χ0v) is 26.8. The fourth-order valence-corrected chi connectivity index (χ4v) is 10.2. The van der Waals surface area contributed by atoms with E-state index in [0.29, 0.717) is 75.0 Å². The maximum absolute atomic E-state index is 8.89. The van der Waals surface area contributed by atoms with E-state index >= 15 is 0 Å². The van der Waals surface area contributed by atoms with Gasteiger partial charge < -0.3 is 14.2 Å². The lowest BCUT2D eigenvalue weighted by atomic mass is 9.43. The average molecular weight is 600 g/mol. The van der Waals surface area contributed by atoms with E-state index in [-0.39, 0.29) is 29.1 Å². The molecule has 11 atom stereocenters. The molecule has 4 aliphatic carbocycles. The molecule has 0 bridgehead atoms. The Hall–Kier alpha value is -2.19. The lowest BCUT2D eigenvalue weighted by Crippen LogP contribution is -2.63. The van der Waals surface area contributed by atoms with Gasteiger partial charge in [0.25, 0.3) is 0 Å². The van der Waals surface area contributed by atoms with E-state index < -0.39 is 0 Å². The van der Waals surface area contributed by atoms with Crippen LogP contribution < -0.4 is 0 Å². The highest BCUT2D eigenvalue weighted by molar-refractivity contribution is 5.15. The largest absolute Gasteiger partial charge is 0.378 e. The van der Waals surface area contributed by atoms with Crippen LogP contribution in [0.4, 0.5) is 0 Å². The number of hydrogen-bond acceptors (Lipinski definition) is 6. The van der Waals surface area contributed by atoms with Gasteiger partial charge in [-0.25, -0.2) is 0 Å². The number of hydrogen-bond donors (Lipinski definition) is 0. The molecule has 0 radical (unpaired) electrons. The normalized spacial score (nSPS) is 38.8. The van der Waals surface area contributed by atoms with Crippen LogP contribution in [0, 0.1) is 46.3 Å². The monoisotopic (exact) mass is 599 g/mol. The van der Waals surface area contributed by atoms with Gasteiger partial charge in [0, 0.05) is 39.8 Å². The van der Waals surface area contributed by atoms with Gasteiger partial charge in [0.15, 0.2) is 0 Å². The molecule has 0 unspecified atom stereocenters. The highest BCUT2D eigenvalue weighted by Crippen LogP contribution is 2.69. The first-order chi connectivity index (χ1) is 20.8. The fraction of sp³-hybridized carbons (Fsp3) is 1.00. The lowest BCUT2D eigenvalue weighted by Gasteiger charge is -2.64. The molecule has 4 rings (SSSR count). The number of fused-ring (bicyclic) bond motifs is 5. The summed E-state index contributed by atoms with van der Waals surface area (Å²) < 4.78 is 19.7. The van der Waals surface area contributed by atoms with Gasteiger partial charge in [-0.15, -0.1) is 0 Å². The lowest BCUT2D eigenvalue weighted by molar-refractivity contribution is -0.226. The standard InChI is InChI=1S/C31H53N9O3/c1-5-6-7-21(2)24-8-9-25-29-26(20-28(31(24,25)4)43-17-14-37-40-34)30(3)11-10-23(41-15-12-35-38-32)18-22(30)19-27(29)42-16-13-36-39-33/h21-29H,5-20H2,1-4H3/t21-,22-,23+,24+,25-,26-,27+,28-,29-,30-,31+/m0/s1. The molecular weight excluding hydrogens is 546 g/mol. The Morgan fingerprint density at radius 1 is 0.814 bits per heavy atom. The van der Waals surface area contributed by atoms with Gasteiger partial charge in [-0.05, 0) is 102 Å². The molecule has 4 fully saturated rings. The van der Waals surface area contributed by atoms with Crippen molar-refractivity contribution in [1.29, 1.82) is 0 Å². The van der Waals surface area contributed by atoms with Crippen molar-refractivity contribution in [1.82, 2.24) is 0 Å². The van der Waals surface area contributed by atoms with Crippen LogP contribution in [0.5, 0.6) is 0 Å². The van der Waals surface area contributed by atoms with E-state index in [1.807, 2.05) is 0 Å². The van der Waals surface area contributed by atoms with Crippen molar-refractivity contribution in [3.63, 3.8) is 0 Å². The smallest absolute Gasteiger partial charge is 0.0637 e. The van der Waals surface area contributed by atoms with Crippen LogP contribution in [-0.4, -0.2) is 57.8 Å². The Bertz CT molecular complexity index is 1060. The summed E-state index contributed by atoms with van der Waals surface area (Å²) in [6.45, 7) is 12.2. The zero-order valence-electron chi connectivity index (χ0n) is 26.8. The summed E-state index contributed by atoms with van der Waals surface area (Å²) in [6, 6.07) is 0. The van der Waals surface area contributed by atoms with Crippen LogP contribution in [0.3, 0.4) is 0 Å². The van der Waals surface area contributed by atoms with E-state index in [9.17, 15) is 0 Å². The Kier molecular flexibility index (Phi) is 12.3.